The van der Waals surface area contributed by atoms with E-state index in [1.807, 2.05) is 13.0 Å². The fraction of sp³-hybridized carbons (Fsp3) is 0.364. The molecule has 2 aromatic carbocycles. The Kier molecular flexibility index (Phi) is 7.23. The number of hydrogen-bond donors (Lipinski definition) is 1. The molecule has 2 aromatic rings. The number of benzene rings is 2. The van der Waals surface area contributed by atoms with Gasteiger partial charge in [0.1, 0.15) is 0 Å². The molecule has 1 fully saturated rings. The smallest absolute Gasteiger partial charge is 0.251 e. The van der Waals surface area contributed by atoms with Crippen molar-refractivity contribution in [1.82, 2.24) is 14.5 Å². The summed E-state index contributed by atoms with van der Waals surface area (Å²) in [5, 5.41) is 2.75. The van der Waals surface area contributed by atoms with E-state index in [1.54, 1.807) is 53.4 Å². The second-order valence-electron chi connectivity index (χ2n) is 7.32. The third kappa shape index (κ3) is 5.46. The second-order valence-corrected chi connectivity index (χ2v) is 9.26. The molecule has 8 heteroatoms. The number of nitrogens with one attached hydrogen (secondary N) is 1. The standard InChI is InChI=1S/C22H27N3O4S/c1-18-8-10-20(11-9-18)30(28,29)25-15-5-14-24(16-17-25)21(26)12-13-23-22(27)19-6-3-2-4-7-19/h2-4,6-11H,5,12-17H2,1H3,(H,23,27). The van der Waals surface area contributed by atoms with Crippen LogP contribution in [-0.2, 0) is 14.8 Å². The predicted molar refractivity (Wildman–Crippen MR) is 115 cm³/mol. The Labute approximate surface area is 177 Å². The molecule has 1 aliphatic heterocycles. The first-order chi connectivity index (χ1) is 14.4. The minimum Gasteiger partial charge on any atom is -0.352 e. The fourth-order valence-electron chi connectivity index (χ4n) is 3.38. The third-order valence-corrected chi connectivity index (χ3v) is 7.04. The molecule has 0 aliphatic carbocycles. The maximum atomic E-state index is 12.9. The molecule has 0 unspecified atom stereocenters. The Bertz CT molecular complexity index is 975. The van der Waals surface area contributed by atoms with Crippen molar-refractivity contribution in [2.45, 2.75) is 24.7 Å². The summed E-state index contributed by atoms with van der Waals surface area (Å²) < 4.78 is 27.2. The van der Waals surface area contributed by atoms with Crippen molar-refractivity contribution in [2.75, 3.05) is 32.7 Å². The minimum absolute atomic E-state index is 0.0852. The van der Waals surface area contributed by atoms with E-state index < -0.39 is 10.0 Å². The Morgan fingerprint density at radius 2 is 1.63 bits per heavy atom. The zero-order valence-electron chi connectivity index (χ0n) is 17.1. The molecule has 1 aliphatic rings. The molecule has 0 bridgehead atoms. The summed E-state index contributed by atoms with van der Waals surface area (Å²) in [6.07, 6.45) is 0.760. The largest absolute Gasteiger partial charge is 0.352 e. The molecule has 2 amide bonds. The van der Waals surface area contributed by atoms with Crippen LogP contribution in [0.2, 0.25) is 0 Å². The van der Waals surface area contributed by atoms with Gasteiger partial charge >= 0.3 is 0 Å². The summed E-state index contributed by atoms with van der Waals surface area (Å²) in [4.78, 5) is 26.6. The van der Waals surface area contributed by atoms with Crippen molar-refractivity contribution in [3.63, 3.8) is 0 Å². The molecule has 1 N–H and O–H groups in total. The van der Waals surface area contributed by atoms with E-state index >= 15 is 0 Å². The molecule has 0 atom stereocenters. The Morgan fingerprint density at radius 3 is 2.33 bits per heavy atom. The number of aryl methyl sites for hydroxylation is 1. The third-order valence-electron chi connectivity index (χ3n) is 5.13. The number of carbonyl (C=O) groups is 2. The van der Waals surface area contributed by atoms with Gasteiger partial charge in [0.2, 0.25) is 15.9 Å². The molecular weight excluding hydrogens is 402 g/mol. The molecule has 7 nitrogen and oxygen atoms in total. The first-order valence-electron chi connectivity index (χ1n) is 10.1. The van der Waals surface area contributed by atoms with Crippen LogP contribution in [-0.4, -0.2) is 62.2 Å². The van der Waals surface area contributed by atoms with Crippen LogP contribution in [0.15, 0.2) is 59.5 Å². The minimum atomic E-state index is -3.57. The molecule has 0 saturated carbocycles. The van der Waals surface area contributed by atoms with Crippen LogP contribution < -0.4 is 5.32 Å². The summed E-state index contributed by atoms with van der Waals surface area (Å²) in [7, 11) is -3.57. The summed E-state index contributed by atoms with van der Waals surface area (Å²) in [5.74, 6) is -0.299. The molecule has 160 valence electrons. The number of hydrogen-bond acceptors (Lipinski definition) is 4. The normalized spacial score (nSPS) is 15.4. The fourth-order valence-corrected chi connectivity index (χ4v) is 4.85. The van der Waals surface area contributed by atoms with Crippen molar-refractivity contribution in [1.29, 1.82) is 0 Å². The maximum Gasteiger partial charge on any atom is 0.251 e. The van der Waals surface area contributed by atoms with Crippen LogP contribution in [0.1, 0.15) is 28.8 Å². The second kappa shape index (κ2) is 9.86. The van der Waals surface area contributed by atoms with E-state index in [2.05, 4.69) is 5.32 Å². The summed E-state index contributed by atoms with van der Waals surface area (Å²) >= 11 is 0. The van der Waals surface area contributed by atoms with Gasteiger partial charge in [0.25, 0.3) is 5.91 Å². The zero-order chi connectivity index (χ0) is 21.6. The lowest BCUT2D eigenvalue weighted by Gasteiger charge is -2.22. The first-order valence-corrected chi connectivity index (χ1v) is 11.5. The quantitative estimate of drug-likeness (QED) is 0.761. The van der Waals surface area contributed by atoms with E-state index in [-0.39, 0.29) is 36.2 Å². The highest BCUT2D eigenvalue weighted by Gasteiger charge is 2.28. The van der Waals surface area contributed by atoms with Crippen molar-refractivity contribution < 1.29 is 18.0 Å². The monoisotopic (exact) mass is 429 g/mol. The molecule has 1 saturated heterocycles. The van der Waals surface area contributed by atoms with Gasteiger partial charge in [0, 0.05) is 44.7 Å². The highest BCUT2D eigenvalue weighted by atomic mass is 32.2. The lowest BCUT2D eigenvalue weighted by Crippen LogP contribution is -2.38. The zero-order valence-corrected chi connectivity index (χ0v) is 17.9. The lowest BCUT2D eigenvalue weighted by atomic mass is 10.2. The lowest BCUT2D eigenvalue weighted by molar-refractivity contribution is -0.130. The highest BCUT2D eigenvalue weighted by molar-refractivity contribution is 7.89. The van der Waals surface area contributed by atoms with Crippen LogP contribution in [0.5, 0.6) is 0 Å². The topological polar surface area (TPSA) is 86.8 Å². The summed E-state index contributed by atoms with van der Waals surface area (Å²) in [6.45, 7) is 3.65. The first kappa shape index (κ1) is 22.0. The van der Waals surface area contributed by atoms with E-state index in [0.717, 1.165) is 5.56 Å². The maximum absolute atomic E-state index is 12.9. The summed E-state index contributed by atoms with van der Waals surface area (Å²) in [5.41, 5.74) is 1.55. The van der Waals surface area contributed by atoms with Gasteiger partial charge in [0.05, 0.1) is 4.90 Å². The Hall–Kier alpha value is -2.71. The molecule has 0 radical (unpaired) electrons. The average Bonchev–Trinajstić information content (AvgIpc) is 3.01. The van der Waals surface area contributed by atoms with Crippen molar-refractivity contribution in [3.05, 3.63) is 65.7 Å². The molecule has 0 aromatic heterocycles. The van der Waals surface area contributed by atoms with Gasteiger partial charge in [-0.3, -0.25) is 9.59 Å². The van der Waals surface area contributed by atoms with Gasteiger partial charge in [-0.05, 0) is 37.6 Å². The van der Waals surface area contributed by atoms with Gasteiger partial charge in [-0.1, -0.05) is 35.9 Å². The van der Waals surface area contributed by atoms with E-state index in [4.69, 9.17) is 0 Å². The van der Waals surface area contributed by atoms with Crippen molar-refractivity contribution in [2.24, 2.45) is 0 Å². The molecule has 3 rings (SSSR count). The molecule has 0 spiro atoms. The van der Waals surface area contributed by atoms with Crippen LogP contribution in [0.3, 0.4) is 0 Å². The SMILES string of the molecule is Cc1ccc(S(=O)(=O)N2CCCN(C(=O)CCNC(=O)c3ccccc3)CC2)cc1. The van der Waals surface area contributed by atoms with Crippen LogP contribution in [0.4, 0.5) is 0 Å². The molecule has 30 heavy (non-hydrogen) atoms. The van der Waals surface area contributed by atoms with Crippen molar-refractivity contribution in [3.8, 4) is 0 Å². The van der Waals surface area contributed by atoms with E-state index in [0.29, 0.717) is 31.6 Å². The molecule has 1 heterocycles. The Balaban J connectivity index is 1.51. The van der Waals surface area contributed by atoms with Crippen LogP contribution >= 0.6 is 0 Å². The highest BCUT2D eigenvalue weighted by Crippen LogP contribution is 2.18. The Morgan fingerprint density at radius 1 is 0.933 bits per heavy atom. The van der Waals surface area contributed by atoms with Gasteiger partial charge in [-0.2, -0.15) is 4.31 Å². The number of carbonyl (C=O) groups excluding carboxylic acids is 2. The average molecular weight is 430 g/mol. The van der Waals surface area contributed by atoms with Gasteiger partial charge in [0.15, 0.2) is 0 Å². The van der Waals surface area contributed by atoms with Gasteiger partial charge in [-0.15, -0.1) is 0 Å². The number of sulfonamides is 1. The van der Waals surface area contributed by atoms with E-state index in [1.165, 1.54) is 4.31 Å². The summed E-state index contributed by atoms with van der Waals surface area (Å²) in [6, 6.07) is 15.6. The van der Waals surface area contributed by atoms with E-state index in [9.17, 15) is 18.0 Å². The number of nitrogens with zero attached hydrogens (tertiary/aromatic N) is 2. The number of amides is 2. The van der Waals surface area contributed by atoms with Crippen LogP contribution in [0.25, 0.3) is 0 Å². The van der Waals surface area contributed by atoms with Gasteiger partial charge in [-0.25, -0.2) is 8.42 Å². The predicted octanol–water partition coefficient (Wildman–Crippen LogP) is 2.04. The molecular formula is C22H27N3O4S. The number of rotatable bonds is 6. The van der Waals surface area contributed by atoms with Crippen molar-refractivity contribution >= 4 is 21.8 Å². The van der Waals surface area contributed by atoms with Gasteiger partial charge < -0.3 is 10.2 Å². The van der Waals surface area contributed by atoms with Crippen LogP contribution in [0, 0.1) is 6.92 Å².